The highest BCUT2D eigenvalue weighted by atomic mass is 32.2. The number of fused-ring (bicyclic) bond motifs is 1. The molecule has 0 bridgehead atoms. The Morgan fingerprint density at radius 2 is 2.24 bits per heavy atom. The van der Waals surface area contributed by atoms with Gasteiger partial charge < -0.3 is 9.47 Å². The number of thioether (sulfide) groups is 2. The Morgan fingerprint density at radius 3 is 3.04 bits per heavy atom. The number of amides is 1. The van der Waals surface area contributed by atoms with Gasteiger partial charge in [-0.1, -0.05) is 36.9 Å². The van der Waals surface area contributed by atoms with Crippen molar-refractivity contribution >= 4 is 35.1 Å². The lowest BCUT2D eigenvalue weighted by Gasteiger charge is -2.22. The van der Waals surface area contributed by atoms with Gasteiger partial charge in [-0.3, -0.25) is 4.79 Å². The molecule has 1 aromatic carbocycles. The Labute approximate surface area is 156 Å². The fourth-order valence-corrected chi connectivity index (χ4v) is 4.74. The van der Waals surface area contributed by atoms with Gasteiger partial charge in [0.05, 0.1) is 11.4 Å². The van der Waals surface area contributed by atoms with Gasteiger partial charge in [-0.15, -0.1) is 28.5 Å². The molecular formula is C18H22N4OS2. The first-order valence-corrected chi connectivity index (χ1v) is 10.2. The van der Waals surface area contributed by atoms with Crippen LogP contribution in [-0.4, -0.2) is 38.2 Å². The number of nitrogens with zero attached hydrogens (tertiary/aromatic N) is 4. The Hall–Kier alpha value is -1.73. The third kappa shape index (κ3) is 4.10. The summed E-state index contributed by atoms with van der Waals surface area (Å²) in [5.41, 5.74) is 1.02. The Balaban J connectivity index is 1.74. The molecule has 0 spiro atoms. The number of aromatic nitrogens is 3. The third-order valence-corrected chi connectivity index (χ3v) is 6.27. The molecule has 25 heavy (non-hydrogen) atoms. The predicted octanol–water partition coefficient (Wildman–Crippen LogP) is 3.78. The number of allylic oxidation sites excluding steroid dienone is 1. The summed E-state index contributed by atoms with van der Waals surface area (Å²) < 4.78 is 1.97. The third-order valence-electron chi connectivity index (χ3n) is 4.08. The van der Waals surface area contributed by atoms with Crippen molar-refractivity contribution in [2.75, 3.05) is 17.2 Å². The number of anilines is 1. The van der Waals surface area contributed by atoms with Gasteiger partial charge in [-0.25, -0.2) is 0 Å². The number of carbonyl (C=O) groups is 1. The van der Waals surface area contributed by atoms with E-state index in [9.17, 15) is 4.79 Å². The zero-order valence-corrected chi connectivity index (χ0v) is 16.1. The first-order chi connectivity index (χ1) is 12.1. The van der Waals surface area contributed by atoms with E-state index in [1.807, 2.05) is 52.4 Å². The number of aryl methyl sites for hydroxylation is 1. The highest BCUT2D eigenvalue weighted by molar-refractivity contribution is 8.00. The van der Waals surface area contributed by atoms with Crippen LogP contribution in [-0.2, 0) is 11.3 Å². The molecule has 5 nitrogen and oxygen atoms in total. The second-order valence-electron chi connectivity index (χ2n) is 5.95. The van der Waals surface area contributed by atoms with E-state index in [1.165, 1.54) is 16.7 Å². The lowest BCUT2D eigenvalue weighted by Crippen LogP contribution is -2.33. The molecule has 0 saturated carbocycles. The molecule has 2 aromatic rings. The average molecular weight is 375 g/mol. The lowest BCUT2D eigenvalue weighted by molar-refractivity contribution is -0.116. The van der Waals surface area contributed by atoms with E-state index in [4.69, 9.17) is 0 Å². The summed E-state index contributed by atoms with van der Waals surface area (Å²) in [4.78, 5) is 16.0. The van der Waals surface area contributed by atoms with Gasteiger partial charge in [-0.05, 0) is 25.5 Å². The minimum atomic E-state index is 0.109. The standard InChI is InChI=1S/C18H22N4OS2/c1-4-10-21-14(3)19-20-18(21)24-12-17(23)22-11-9-13(2)25-16-8-6-5-7-15(16)22/h4-8,13H,1,9-12H2,2-3H3/t13-/m1/s1. The van der Waals surface area contributed by atoms with Crippen LogP contribution < -0.4 is 4.90 Å². The quantitative estimate of drug-likeness (QED) is 0.589. The van der Waals surface area contributed by atoms with E-state index < -0.39 is 0 Å². The SMILES string of the molecule is C=CCn1c(C)nnc1SCC(=O)N1CC[C@@H](C)Sc2ccccc21. The highest BCUT2D eigenvalue weighted by Crippen LogP contribution is 2.37. The van der Waals surface area contributed by atoms with E-state index in [0.29, 0.717) is 17.5 Å². The molecule has 1 aromatic heterocycles. The number of rotatable bonds is 5. The van der Waals surface area contributed by atoms with Crippen molar-refractivity contribution in [2.24, 2.45) is 0 Å². The van der Waals surface area contributed by atoms with Crippen molar-refractivity contribution in [3.8, 4) is 0 Å². The molecule has 0 radical (unpaired) electrons. The first-order valence-electron chi connectivity index (χ1n) is 8.29. The fourth-order valence-electron chi connectivity index (χ4n) is 2.76. The molecule has 1 amide bonds. The monoisotopic (exact) mass is 374 g/mol. The Morgan fingerprint density at radius 1 is 1.44 bits per heavy atom. The topological polar surface area (TPSA) is 51.0 Å². The largest absolute Gasteiger partial charge is 0.311 e. The van der Waals surface area contributed by atoms with Crippen molar-refractivity contribution in [3.63, 3.8) is 0 Å². The van der Waals surface area contributed by atoms with Crippen molar-refractivity contribution in [1.82, 2.24) is 14.8 Å². The molecule has 0 N–H and O–H groups in total. The van der Waals surface area contributed by atoms with Crippen LogP contribution >= 0.6 is 23.5 Å². The van der Waals surface area contributed by atoms with Crippen LogP contribution in [0.2, 0.25) is 0 Å². The molecule has 132 valence electrons. The average Bonchev–Trinajstić information content (AvgIpc) is 2.85. The lowest BCUT2D eigenvalue weighted by atomic mass is 10.2. The van der Waals surface area contributed by atoms with Gasteiger partial charge in [0, 0.05) is 23.2 Å². The molecule has 0 aliphatic carbocycles. The molecule has 7 heteroatoms. The summed E-state index contributed by atoms with van der Waals surface area (Å²) in [5, 5.41) is 9.55. The van der Waals surface area contributed by atoms with Gasteiger partial charge in [0.1, 0.15) is 5.82 Å². The number of hydrogen-bond donors (Lipinski definition) is 0. The van der Waals surface area contributed by atoms with Crippen molar-refractivity contribution < 1.29 is 4.79 Å². The second kappa shape index (κ2) is 8.10. The van der Waals surface area contributed by atoms with E-state index in [0.717, 1.165) is 29.6 Å². The molecule has 1 aliphatic rings. The van der Waals surface area contributed by atoms with Crippen LogP contribution in [0.1, 0.15) is 19.2 Å². The normalized spacial score (nSPS) is 17.0. The highest BCUT2D eigenvalue weighted by Gasteiger charge is 2.24. The number of para-hydroxylation sites is 1. The van der Waals surface area contributed by atoms with Gasteiger partial charge in [0.2, 0.25) is 5.91 Å². The molecule has 0 fully saturated rings. The molecule has 3 rings (SSSR count). The van der Waals surface area contributed by atoms with Gasteiger partial charge in [-0.2, -0.15) is 0 Å². The number of hydrogen-bond acceptors (Lipinski definition) is 5. The zero-order chi connectivity index (χ0) is 17.8. The van der Waals surface area contributed by atoms with Crippen LogP contribution in [0, 0.1) is 6.92 Å². The fraction of sp³-hybridized carbons (Fsp3) is 0.389. The molecule has 1 atom stereocenters. The summed E-state index contributed by atoms with van der Waals surface area (Å²) in [6, 6.07) is 8.15. The van der Waals surface area contributed by atoms with E-state index in [-0.39, 0.29) is 5.91 Å². The van der Waals surface area contributed by atoms with Gasteiger partial charge in [0.15, 0.2) is 5.16 Å². The molecular weight excluding hydrogens is 352 g/mol. The Kier molecular flexibility index (Phi) is 5.86. The summed E-state index contributed by atoms with van der Waals surface area (Å²) in [6.07, 6.45) is 2.80. The minimum absolute atomic E-state index is 0.109. The van der Waals surface area contributed by atoms with Gasteiger partial charge >= 0.3 is 0 Å². The maximum atomic E-state index is 12.9. The summed E-state index contributed by atoms with van der Waals surface area (Å²) in [6.45, 7) is 9.29. The summed E-state index contributed by atoms with van der Waals surface area (Å²) in [7, 11) is 0. The predicted molar refractivity (Wildman–Crippen MR) is 104 cm³/mol. The van der Waals surface area contributed by atoms with Crippen LogP contribution in [0.5, 0.6) is 0 Å². The molecule has 0 unspecified atom stereocenters. The minimum Gasteiger partial charge on any atom is -0.311 e. The smallest absolute Gasteiger partial charge is 0.237 e. The van der Waals surface area contributed by atoms with Crippen LogP contribution in [0.4, 0.5) is 5.69 Å². The van der Waals surface area contributed by atoms with E-state index >= 15 is 0 Å². The number of benzene rings is 1. The first kappa shape index (κ1) is 18.1. The van der Waals surface area contributed by atoms with Crippen molar-refractivity contribution in [1.29, 1.82) is 0 Å². The van der Waals surface area contributed by atoms with E-state index in [2.05, 4.69) is 29.8 Å². The molecule has 1 aliphatic heterocycles. The molecule has 2 heterocycles. The van der Waals surface area contributed by atoms with E-state index in [1.54, 1.807) is 0 Å². The zero-order valence-electron chi connectivity index (χ0n) is 14.5. The van der Waals surface area contributed by atoms with Crippen LogP contribution in [0.3, 0.4) is 0 Å². The Bertz CT molecular complexity index is 774. The second-order valence-corrected chi connectivity index (χ2v) is 8.37. The molecule has 0 saturated heterocycles. The number of carbonyl (C=O) groups excluding carboxylic acids is 1. The maximum Gasteiger partial charge on any atom is 0.237 e. The van der Waals surface area contributed by atoms with Crippen molar-refractivity contribution in [3.05, 3.63) is 42.7 Å². The summed E-state index contributed by atoms with van der Waals surface area (Å²) >= 11 is 3.28. The van der Waals surface area contributed by atoms with Crippen LogP contribution in [0.15, 0.2) is 47.0 Å². The van der Waals surface area contributed by atoms with Crippen LogP contribution in [0.25, 0.3) is 0 Å². The summed E-state index contributed by atoms with van der Waals surface area (Å²) in [5.74, 6) is 1.29. The maximum absolute atomic E-state index is 12.9. The van der Waals surface area contributed by atoms with Gasteiger partial charge in [0.25, 0.3) is 0 Å². The van der Waals surface area contributed by atoms with Crippen molar-refractivity contribution in [2.45, 2.75) is 42.1 Å².